The molecule has 2 aliphatic heterocycles. The summed E-state index contributed by atoms with van der Waals surface area (Å²) in [7, 11) is 0. The van der Waals surface area contributed by atoms with Gasteiger partial charge in [0.15, 0.2) is 0 Å². The van der Waals surface area contributed by atoms with Gasteiger partial charge in [-0.3, -0.25) is 0 Å². The van der Waals surface area contributed by atoms with Gasteiger partial charge in [-0.05, 0) is 57.0 Å². The molecular weight excluding hydrogens is 523 g/mol. The second kappa shape index (κ2) is 11.8. The fraction of sp³-hybridized carbons (Fsp3) is 0.464. The van der Waals surface area contributed by atoms with Crippen LogP contribution in [0, 0.1) is 0 Å². The molecule has 1 aromatic carbocycles. The molecule has 5 rings (SSSR count). The zero-order chi connectivity index (χ0) is 28.3. The molecule has 0 saturated carbocycles. The van der Waals surface area contributed by atoms with Crippen molar-refractivity contribution in [1.82, 2.24) is 19.9 Å². The number of hydrogen-bond acceptors (Lipinski definition) is 9. The lowest BCUT2D eigenvalue weighted by atomic mass is 10.1. The quantitative estimate of drug-likeness (QED) is 0.417. The third-order valence-corrected chi connectivity index (χ3v) is 7.15. The van der Waals surface area contributed by atoms with Crippen molar-refractivity contribution in [3.05, 3.63) is 48.2 Å². The fourth-order valence-electron chi connectivity index (χ4n) is 4.92. The van der Waals surface area contributed by atoms with Gasteiger partial charge >= 0.3 is 6.18 Å². The number of nitrogens with two attached hydrogens (primary N) is 1. The first kappa shape index (κ1) is 27.9. The molecular formula is C28H34F3N7O2. The molecule has 0 spiro atoms. The number of ether oxygens (including phenoxy) is 2. The molecule has 2 aliphatic rings. The Morgan fingerprint density at radius 3 is 2.38 bits per heavy atom. The predicted molar refractivity (Wildman–Crippen MR) is 148 cm³/mol. The van der Waals surface area contributed by atoms with Crippen LogP contribution in [0.3, 0.4) is 0 Å². The largest absolute Gasteiger partial charge is 0.490 e. The highest BCUT2D eigenvalue weighted by Gasteiger charge is 2.35. The summed E-state index contributed by atoms with van der Waals surface area (Å²) in [5, 5.41) is 3.21. The number of likely N-dealkylation sites (tertiary alicyclic amines) is 1. The van der Waals surface area contributed by atoms with E-state index in [9.17, 15) is 13.2 Å². The topological polar surface area (TPSA) is 102 Å². The monoisotopic (exact) mass is 557 g/mol. The first-order chi connectivity index (χ1) is 19.2. The maximum Gasteiger partial charge on any atom is 0.417 e. The van der Waals surface area contributed by atoms with E-state index in [0.717, 1.165) is 43.9 Å². The van der Waals surface area contributed by atoms with E-state index in [1.54, 1.807) is 0 Å². The second-order valence-electron chi connectivity index (χ2n) is 10.3. The number of piperidine rings is 1. The second-order valence-corrected chi connectivity index (χ2v) is 10.3. The Bertz CT molecular complexity index is 1290. The lowest BCUT2D eigenvalue weighted by molar-refractivity contribution is -0.137. The van der Waals surface area contributed by atoms with Crippen LogP contribution < -0.4 is 20.7 Å². The SMILES string of the molecule is CC(C)N1CCC(Oc2ccc(Nc3cc(-c4cnc(N)cc4C(F)(F)F)nc(N4CCOCC4)n3)cc2)CC1. The number of rotatable bonds is 7. The van der Waals surface area contributed by atoms with Crippen molar-refractivity contribution in [3.63, 3.8) is 0 Å². The molecule has 0 bridgehead atoms. The Kier molecular flexibility index (Phi) is 8.27. The van der Waals surface area contributed by atoms with Crippen LogP contribution in [0.1, 0.15) is 32.3 Å². The predicted octanol–water partition coefficient (Wildman–Crippen LogP) is 4.97. The summed E-state index contributed by atoms with van der Waals surface area (Å²) in [6, 6.07) is 10.3. The molecule has 9 nitrogen and oxygen atoms in total. The Morgan fingerprint density at radius 2 is 1.73 bits per heavy atom. The van der Waals surface area contributed by atoms with Crippen LogP contribution in [-0.4, -0.2) is 71.4 Å². The molecule has 4 heterocycles. The highest BCUT2D eigenvalue weighted by atomic mass is 19.4. The molecule has 214 valence electrons. The van der Waals surface area contributed by atoms with Crippen molar-refractivity contribution in [2.45, 2.75) is 45.0 Å². The van der Waals surface area contributed by atoms with E-state index in [1.165, 1.54) is 6.07 Å². The maximum atomic E-state index is 13.9. The summed E-state index contributed by atoms with van der Waals surface area (Å²) in [6.07, 6.45) is -1.40. The summed E-state index contributed by atoms with van der Waals surface area (Å²) >= 11 is 0. The van der Waals surface area contributed by atoms with E-state index in [1.807, 2.05) is 29.2 Å². The average Bonchev–Trinajstić information content (AvgIpc) is 2.94. The van der Waals surface area contributed by atoms with Gasteiger partial charge in [-0.15, -0.1) is 0 Å². The summed E-state index contributed by atoms with van der Waals surface area (Å²) in [6.45, 7) is 8.45. The minimum Gasteiger partial charge on any atom is -0.490 e. The molecule has 2 fully saturated rings. The van der Waals surface area contributed by atoms with Gasteiger partial charge < -0.3 is 30.3 Å². The zero-order valence-corrected chi connectivity index (χ0v) is 22.6. The summed E-state index contributed by atoms with van der Waals surface area (Å²) < 4.78 is 53.3. The van der Waals surface area contributed by atoms with Gasteiger partial charge in [0.1, 0.15) is 23.5 Å². The third kappa shape index (κ3) is 6.73. The van der Waals surface area contributed by atoms with Crippen LogP contribution >= 0.6 is 0 Å². The molecule has 3 N–H and O–H groups in total. The van der Waals surface area contributed by atoms with E-state index in [2.05, 4.69) is 39.0 Å². The first-order valence-electron chi connectivity index (χ1n) is 13.5. The number of benzene rings is 1. The van der Waals surface area contributed by atoms with E-state index < -0.39 is 11.7 Å². The lowest BCUT2D eigenvalue weighted by Gasteiger charge is -2.34. The number of aromatic nitrogens is 3. The van der Waals surface area contributed by atoms with Crippen LogP contribution in [0.2, 0.25) is 0 Å². The Hall–Kier alpha value is -3.64. The molecule has 12 heteroatoms. The number of nitrogens with one attached hydrogen (secondary N) is 1. The minimum absolute atomic E-state index is 0.0894. The highest BCUT2D eigenvalue weighted by molar-refractivity contribution is 5.71. The normalized spacial score (nSPS) is 17.3. The lowest BCUT2D eigenvalue weighted by Crippen LogP contribution is -2.41. The van der Waals surface area contributed by atoms with Crippen molar-refractivity contribution in [2.24, 2.45) is 0 Å². The molecule has 0 atom stereocenters. The van der Waals surface area contributed by atoms with E-state index in [4.69, 9.17) is 15.2 Å². The van der Waals surface area contributed by atoms with Gasteiger partial charge in [0.2, 0.25) is 5.95 Å². The van der Waals surface area contributed by atoms with E-state index in [0.29, 0.717) is 49.8 Å². The highest BCUT2D eigenvalue weighted by Crippen LogP contribution is 2.38. The molecule has 2 aromatic heterocycles. The van der Waals surface area contributed by atoms with Gasteiger partial charge in [-0.1, -0.05) is 0 Å². The van der Waals surface area contributed by atoms with Gasteiger partial charge in [0.05, 0.1) is 24.5 Å². The van der Waals surface area contributed by atoms with E-state index >= 15 is 0 Å². The number of halogens is 3. The Morgan fingerprint density at radius 1 is 1.02 bits per heavy atom. The van der Waals surface area contributed by atoms with Crippen molar-refractivity contribution in [2.75, 3.05) is 55.3 Å². The number of morpholine rings is 1. The average molecular weight is 558 g/mol. The van der Waals surface area contributed by atoms with Crippen molar-refractivity contribution >= 4 is 23.3 Å². The summed E-state index contributed by atoms with van der Waals surface area (Å²) in [5.41, 5.74) is 5.31. The maximum absolute atomic E-state index is 13.9. The third-order valence-electron chi connectivity index (χ3n) is 7.15. The number of alkyl halides is 3. The summed E-state index contributed by atoms with van der Waals surface area (Å²) in [5.74, 6) is 1.21. The van der Waals surface area contributed by atoms with Crippen molar-refractivity contribution < 1.29 is 22.6 Å². The number of hydrogen-bond donors (Lipinski definition) is 2. The summed E-state index contributed by atoms with van der Waals surface area (Å²) in [4.78, 5) is 17.3. The Labute approximate surface area is 231 Å². The van der Waals surface area contributed by atoms with Crippen LogP contribution in [0.15, 0.2) is 42.6 Å². The standard InChI is InChI=1S/C28H34F3N7O2/c1-18(2)37-9-7-21(8-10-37)40-20-5-3-19(4-6-20)34-26-16-24(35-27(36-26)38-11-13-39-14-12-38)22-17-33-25(32)15-23(22)28(29,30)31/h3-6,15-18,21H,7-14H2,1-2H3,(H2,32,33)(H,34,35,36). The zero-order valence-electron chi connectivity index (χ0n) is 22.6. The van der Waals surface area contributed by atoms with Crippen LogP contribution in [0.25, 0.3) is 11.3 Å². The molecule has 0 unspecified atom stereocenters. The number of nitrogen functional groups attached to an aromatic ring is 1. The van der Waals surface area contributed by atoms with Crippen LogP contribution in [0.4, 0.5) is 36.4 Å². The number of pyridine rings is 1. The number of nitrogens with zero attached hydrogens (tertiary/aromatic N) is 5. The molecule has 40 heavy (non-hydrogen) atoms. The van der Waals surface area contributed by atoms with Crippen LogP contribution in [-0.2, 0) is 10.9 Å². The van der Waals surface area contributed by atoms with Crippen molar-refractivity contribution in [3.8, 4) is 17.0 Å². The molecule has 3 aromatic rings. The fourth-order valence-corrected chi connectivity index (χ4v) is 4.92. The van der Waals surface area contributed by atoms with Gasteiger partial charge in [-0.25, -0.2) is 9.97 Å². The molecule has 0 radical (unpaired) electrons. The Balaban J connectivity index is 1.38. The van der Waals surface area contributed by atoms with Crippen LogP contribution in [0.5, 0.6) is 5.75 Å². The first-order valence-corrected chi connectivity index (χ1v) is 13.5. The molecule has 2 saturated heterocycles. The van der Waals surface area contributed by atoms with Crippen molar-refractivity contribution in [1.29, 1.82) is 0 Å². The van der Waals surface area contributed by atoms with E-state index in [-0.39, 0.29) is 23.2 Å². The smallest absolute Gasteiger partial charge is 0.417 e. The minimum atomic E-state index is -4.63. The van der Waals surface area contributed by atoms with Gasteiger partial charge in [0, 0.05) is 55.7 Å². The van der Waals surface area contributed by atoms with Gasteiger partial charge in [-0.2, -0.15) is 18.2 Å². The molecule has 0 aliphatic carbocycles. The van der Waals surface area contributed by atoms with Gasteiger partial charge in [0.25, 0.3) is 0 Å². The number of anilines is 4. The molecule has 0 amide bonds.